The van der Waals surface area contributed by atoms with Gasteiger partial charge in [0, 0.05) is 6.42 Å². The molecule has 450 valence electrons. The highest BCUT2D eigenvalue weighted by atomic mass is 31.2. The maximum absolute atomic E-state index is 13.0. The van der Waals surface area contributed by atoms with Crippen LogP contribution in [0.15, 0.2) is 36.5 Å². The van der Waals surface area contributed by atoms with Crippen LogP contribution in [0.4, 0.5) is 0 Å². The smallest absolute Gasteiger partial charge is 0.387 e. The molecule has 0 saturated heterocycles. The van der Waals surface area contributed by atoms with E-state index in [1.807, 2.05) is 27.2 Å². The van der Waals surface area contributed by atoms with E-state index in [4.69, 9.17) is 9.05 Å². The van der Waals surface area contributed by atoms with Crippen molar-refractivity contribution < 1.29 is 32.9 Å². The van der Waals surface area contributed by atoms with Gasteiger partial charge in [-0.2, -0.15) is 0 Å². The number of rotatable bonds is 62. The predicted octanol–water partition coefficient (Wildman–Crippen LogP) is 20.9. The minimum Gasteiger partial charge on any atom is -0.387 e. The number of hydrogen-bond acceptors (Lipinski definition) is 5. The van der Waals surface area contributed by atoms with E-state index in [1.54, 1.807) is 6.08 Å². The SMILES string of the molecule is CCCCCCCCCCCCCCCCC/C=C/CC/C=C/CC/C=C/C(O)C(COP(=O)(O)OCC[N+](C)(C)C)NC(=O)CCCCCCCCCCCCCCCCCCCCCCCCCCCCCCC. The van der Waals surface area contributed by atoms with Crippen LogP contribution in [-0.2, 0) is 18.4 Å². The topological polar surface area (TPSA) is 105 Å². The van der Waals surface area contributed by atoms with Crippen LogP contribution in [-0.4, -0.2) is 73.4 Å². The second-order valence-electron chi connectivity index (χ2n) is 24.2. The van der Waals surface area contributed by atoms with Crippen molar-refractivity contribution in [2.24, 2.45) is 0 Å². The van der Waals surface area contributed by atoms with Crippen LogP contribution in [0.5, 0.6) is 0 Å². The summed E-state index contributed by atoms with van der Waals surface area (Å²) in [5.74, 6) is -0.184. The van der Waals surface area contributed by atoms with Crippen molar-refractivity contribution in [3.63, 3.8) is 0 Å². The van der Waals surface area contributed by atoms with Crippen LogP contribution in [0.25, 0.3) is 0 Å². The third kappa shape index (κ3) is 60.4. The first kappa shape index (κ1) is 74.7. The zero-order chi connectivity index (χ0) is 55.6. The average molecular weight is 1090 g/mol. The fourth-order valence-electron chi connectivity index (χ4n) is 10.1. The number of phosphoric acid groups is 1. The Morgan fingerprint density at radius 1 is 0.434 bits per heavy atom. The molecule has 0 aliphatic carbocycles. The Morgan fingerprint density at radius 3 is 1.05 bits per heavy atom. The van der Waals surface area contributed by atoms with Gasteiger partial charge in [0.15, 0.2) is 0 Å². The summed E-state index contributed by atoms with van der Waals surface area (Å²) in [4.78, 5) is 23.4. The molecular weight excluding hydrogens is 960 g/mol. The van der Waals surface area contributed by atoms with Crippen molar-refractivity contribution in [1.29, 1.82) is 0 Å². The number of unbranched alkanes of at least 4 members (excludes halogenated alkanes) is 45. The Kier molecular flexibility index (Phi) is 57.4. The van der Waals surface area contributed by atoms with Gasteiger partial charge in [0.25, 0.3) is 0 Å². The molecule has 3 N–H and O–H groups in total. The quantitative estimate of drug-likeness (QED) is 0.0243. The van der Waals surface area contributed by atoms with Gasteiger partial charge < -0.3 is 19.8 Å². The summed E-state index contributed by atoms with van der Waals surface area (Å²) in [7, 11) is 1.56. The first-order chi connectivity index (χ1) is 37.0. The van der Waals surface area contributed by atoms with Crippen LogP contribution in [0.3, 0.4) is 0 Å². The number of carbonyl (C=O) groups is 1. The fourth-order valence-corrected chi connectivity index (χ4v) is 10.9. The number of quaternary nitrogens is 1. The van der Waals surface area contributed by atoms with Crippen LogP contribution >= 0.6 is 7.82 Å². The number of aliphatic hydroxyl groups is 1. The molecule has 3 atom stereocenters. The van der Waals surface area contributed by atoms with E-state index in [2.05, 4.69) is 43.5 Å². The zero-order valence-corrected chi connectivity index (χ0v) is 52.4. The van der Waals surface area contributed by atoms with E-state index < -0.39 is 20.0 Å². The number of carbonyl (C=O) groups excluding carboxylic acids is 1. The van der Waals surface area contributed by atoms with Crippen LogP contribution in [0, 0.1) is 0 Å². The molecule has 0 heterocycles. The lowest BCUT2D eigenvalue weighted by molar-refractivity contribution is -0.870. The molecule has 8 nitrogen and oxygen atoms in total. The maximum atomic E-state index is 13.0. The number of likely N-dealkylation sites (N-methyl/N-ethyl adjacent to an activating group) is 1. The molecule has 1 amide bonds. The van der Waals surface area contributed by atoms with Crippen LogP contribution < -0.4 is 5.32 Å². The maximum Gasteiger partial charge on any atom is 0.472 e. The van der Waals surface area contributed by atoms with E-state index in [1.165, 1.54) is 270 Å². The molecule has 0 aromatic carbocycles. The van der Waals surface area contributed by atoms with E-state index in [-0.39, 0.29) is 19.1 Å². The Hall–Kier alpha value is -1.28. The number of phosphoric ester groups is 1. The minimum atomic E-state index is -4.36. The average Bonchev–Trinajstić information content (AvgIpc) is 3.38. The molecule has 0 rings (SSSR count). The lowest BCUT2D eigenvalue weighted by atomic mass is 10.0. The second-order valence-corrected chi connectivity index (χ2v) is 25.6. The Bertz CT molecular complexity index is 1330. The van der Waals surface area contributed by atoms with Crippen LogP contribution in [0.1, 0.15) is 335 Å². The van der Waals surface area contributed by atoms with E-state index in [0.717, 1.165) is 44.9 Å². The molecule has 0 aliphatic heterocycles. The van der Waals surface area contributed by atoms with Gasteiger partial charge >= 0.3 is 7.82 Å². The molecule has 0 spiro atoms. The van der Waals surface area contributed by atoms with Gasteiger partial charge in [0.1, 0.15) is 13.2 Å². The third-order valence-corrected chi connectivity index (χ3v) is 16.3. The largest absolute Gasteiger partial charge is 0.472 e. The number of aliphatic hydroxyl groups excluding tert-OH is 1. The summed E-state index contributed by atoms with van der Waals surface area (Å²) in [5, 5.41) is 14.0. The summed E-state index contributed by atoms with van der Waals surface area (Å²) in [5.41, 5.74) is 0. The number of hydrogen-bond donors (Lipinski definition) is 3. The molecule has 76 heavy (non-hydrogen) atoms. The Morgan fingerprint density at radius 2 is 0.724 bits per heavy atom. The highest BCUT2D eigenvalue weighted by Crippen LogP contribution is 2.43. The van der Waals surface area contributed by atoms with Crippen molar-refractivity contribution in [3.8, 4) is 0 Å². The third-order valence-electron chi connectivity index (χ3n) is 15.3. The molecule has 0 saturated carbocycles. The molecule has 0 aromatic heterocycles. The molecule has 0 radical (unpaired) electrons. The predicted molar refractivity (Wildman–Crippen MR) is 332 cm³/mol. The van der Waals surface area contributed by atoms with Gasteiger partial charge in [-0.05, 0) is 44.9 Å². The van der Waals surface area contributed by atoms with Crippen molar-refractivity contribution in [3.05, 3.63) is 36.5 Å². The van der Waals surface area contributed by atoms with Gasteiger partial charge in [0.05, 0.1) is 39.9 Å². The minimum absolute atomic E-state index is 0.0554. The number of amides is 1. The lowest BCUT2D eigenvalue weighted by Gasteiger charge is -2.25. The monoisotopic (exact) mass is 1090 g/mol. The Balaban J connectivity index is 4.13. The summed E-state index contributed by atoms with van der Waals surface area (Å²) < 4.78 is 23.8. The van der Waals surface area contributed by atoms with Crippen LogP contribution in [0.2, 0.25) is 0 Å². The molecule has 9 heteroatoms. The number of nitrogens with zero attached hydrogens (tertiary/aromatic N) is 1. The first-order valence-electron chi connectivity index (χ1n) is 33.4. The highest BCUT2D eigenvalue weighted by Gasteiger charge is 2.28. The summed E-state index contributed by atoms with van der Waals surface area (Å²) in [6.45, 7) is 4.84. The molecule has 3 unspecified atom stereocenters. The number of nitrogens with one attached hydrogen (secondary N) is 1. The van der Waals surface area contributed by atoms with Crippen molar-refractivity contribution >= 4 is 13.7 Å². The second kappa shape index (κ2) is 58.4. The van der Waals surface area contributed by atoms with E-state index >= 15 is 0 Å². The fraction of sp³-hybridized carbons (Fsp3) is 0.896. The van der Waals surface area contributed by atoms with Gasteiger partial charge in [0.2, 0.25) is 5.91 Å². The van der Waals surface area contributed by atoms with Crippen molar-refractivity contribution in [2.75, 3.05) is 40.9 Å². The van der Waals surface area contributed by atoms with E-state index in [0.29, 0.717) is 17.4 Å². The first-order valence-corrected chi connectivity index (χ1v) is 34.9. The molecule has 0 aliphatic rings. The summed E-state index contributed by atoms with van der Waals surface area (Å²) in [6, 6.07) is -0.869. The zero-order valence-electron chi connectivity index (χ0n) is 51.5. The number of allylic oxidation sites excluding steroid dienone is 5. The van der Waals surface area contributed by atoms with Gasteiger partial charge in [-0.1, -0.05) is 320 Å². The van der Waals surface area contributed by atoms with Gasteiger partial charge in [-0.15, -0.1) is 0 Å². The van der Waals surface area contributed by atoms with Gasteiger partial charge in [-0.25, -0.2) is 4.57 Å². The Labute approximate surface area is 474 Å². The molecule has 0 fully saturated rings. The van der Waals surface area contributed by atoms with E-state index in [9.17, 15) is 19.4 Å². The van der Waals surface area contributed by atoms with Crippen molar-refractivity contribution in [2.45, 2.75) is 347 Å². The standard InChI is InChI=1S/C67H131N2O6P/c1-6-8-10-12-14-16-18-20-22-24-26-28-30-32-33-34-35-37-39-41-43-45-47-49-51-53-55-57-59-61-67(71)68-65(64-75-76(72,73)74-63-62-69(3,4)5)66(70)60-58-56-54-52-50-48-46-44-42-40-38-36-31-29-27-25-23-21-19-17-15-13-11-9-7-2/h42,44,50,52,58,60,65-66,70H,6-41,43,45-49,51,53-57,59,61-64H2,1-5H3,(H-,68,71,72,73)/p+1/b44-42+,52-50+,60-58+. The van der Waals surface area contributed by atoms with Gasteiger partial charge in [-0.3, -0.25) is 13.8 Å². The summed E-state index contributed by atoms with van der Waals surface area (Å²) >= 11 is 0. The molecular formula is C67H132N2O6P+. The molecule has 0 aromatic rings. The lowest BCUT2D eigenvalue weighted by Crippen LogP contribution is -2.45. The molecule has 0 bridgehead atoms. The summed E-state index contributed by atoms with van der Waals surface area (Å²) in [6.07, 6.45) is 77.2. The normalized spacial score (nSPS) is 13.9. The highest BCUT2D eigenvalue weighted by molar-refractivity contribution is 7.47. The van der Waals surface area contributed by atoms with Crippen molar-refractivity contribution in [1.82, 2.24) is 5.32 Å².